The van der Waals surface area contributed by atoms with Gasteiger partial charge in [0.2, 0.25) is 5.91 Å². The number of thioether (sulfide) groups is 1. The number of rotatable bonds is 6. The first kappa shape index (κ1) is 22.5. The molecule has 0 bridgehead atoms. The summed E-state index contributed by atoms with van der Waals surface area (Å²) in [4.78, 5) is 26.9. The molecule has 0 spiro atoms. The zero-order valence-corrected chi connectivity index (χ0v) is 20.5. The molecular weight excluding hydrogens is 533 g/mol. The first-order chi connectivity index (χ1) is 15.5. The molecular formula is C25H22IN3O2S. The van der Waals surface area contributed by atoms with Crippen molar-refractivity contribution in [3.8, 4) is 0 Å². The van der Waals surface area contributed by atoms with Gasteiger partial charge in [-0.1, -0.05) is 54.6 Å². The van der Waals surface area contributed by atoms with Crippen LogP contribution in [-0.2, 0) is 11.3 Å². The summed E-state index contributed by atoms with van der Waals surface area (Å²) in [6.07, 6.45) is 0. The first-order valence-corrected chi connectivity index (χ1v) is 12.3. The summed E-state index contributed by atoms with van der Waals surface area (Å²) in [5.41, 5.74) is 6.97. The average Bonchev–Trinajstić information content (AvgIpc) is 3.18. The molecule has 2 amide bonds. The monoisotopic (exact) mass is 555 g/mol. The van der Waals surface area contributed by atoms with Crippen molar-refractivity contribution in [2.75, 3.05) is 5.75 Å². The summed E-state index contributed by atoms with van der Waals surface area (Å²) >= 11 is 3.86. The van der Waals surface area contributed by atoms with E-state index in [0.717, 1.165) is 26.0 Å². The van der Waals surface area contributed by atoms with Crippen LogP contribution in [0.3, 0.4) is 0 Å². The maximum atomic E-state index is 12.5. The Bertz CT molecular complexity index is 1150. The second-order valence-electron chi connectivity index (χ2n) is 7.44. The van der Waals surface area contributed by atoms with Gasteiger partial charge in [0.05, 0.1) is 11.5 Å². The van der Waals surface area contributed by atoms with Crippen LogP contribution < -0.4 is 5.43 Å². The zero-order valence-electron chi connectivity index (χ0n) is 17.5. The highest BCUT2D eigenvalue weighted by Crippen LogP contribution is 2.39. The van der Waals surface area contributed by atoms with Crippen molar-refractivity contribution in [2.45, 2.75) is 18.8 Å². The third-order valence-corrected chi connectivity index (χ3v) is 7.12. The highest BCUT2D eigenvalue weighted by Gasteiger charge is 2.32. The van der Waals surface area contributed by atoms with Crippen molar-refractivity contribution in [2.24, 2.45) is 5.10 Å². The molecule has 1 atom stereocenters. The Morgan fingerprint density at radius 1 is 1.06 bits per heavy atom. The fraction of sp³-hybridized carbons (Fsp3) is 0.160. The van der Waals surface area contributed by atoms with Gasteiger partial charge in [0.1, 0.15) is 5.37 Å². The number of hydrogen-bond acceptors (Lipinski definition) is 4. The van der Waals surface area contributed by atoms with E-state index < -0.39 is 0 Å². The fourth-order valence-electron chi connectivity index (χ4n) is 3.46. The Morgan fingerprint density at radius 3 is 2.53 bits per heavy atom. The van der Waals surface area contributed by atoms with Gasteiger partial charge in [-0.05, 0) is 70.5 Å². The van der Waals surface area contributed by atoms with Gasteiger partial charge in [0, 0.05) is 15.7 Å². The number of hydrogen-bond donors (Lipinski definition) is 1. The number of amides is 2. The topological polar surface area (TPSA) is 61.8 Å². The van der Waals surface area contributed by atoms with Gasteiger partial charge in [0.25, 0.3) is 5.91 Å². The summed E-state index contributed by atoms with van der Waals surface area (Å²) < 4.78 is 1.11. The Labute approximate surface area is 205 Å². The van der Waals surface area contributed by atoms with E-state index in [4.69, 9.17) is 0 Å². The lowest BCUT2D eigenvalue weighted by Crippen LogP contribution is -2.27. The molecule has 0 radical (unpaired) electrons. The normalized spacial score (nSPS) is 16.3. The van der Waals surface area contributed by atoms with Gasteiger partial charge in [-0.15, -0.1) is 11.8 Å². The molecule has 1 aliphatic rings. The molecule has 0 saturated carbocycles. The molecule has 1 aliphatic heterocycles. The largest absolute Gasteiger partial charge is 0.322 e. The van der Waals surface area contributed by atoms with E-state index in [9.17, 15) is 9.59 Å². The van der Waals surface area contributed by atoms with Crippen molar-refractivity contribution in [3.63, 3.8) is 0 Å². The summed E-state index contributed by atoms with van der Waals surface area (Å²) in [6, 6.07) is 25.3. The molecule has 0 aromatic heterocycles. The predicted octanol–water partition coefficient (Wildman–Crippen LogP) is 5.22. The number of hydrazone groups is 1. The summed E-state index contributed by atoms with van der Waals surface area (Å²) in [5, 5.41) is 4.18. The Hall–Kier alpha value is -2.65. The second-order valence-corrected chi connectivity index (χ2v) is 9.76. The molecule has 1 N–H and O–H groups in total. The van der Waals surface area contributed by atoms with E-state index in [2.05, 4.69) is 33.1 Å². The van der Waals surface area contributed by atoms with E-state index in [1.807, 2.05) is 78.6 Å². The van der Waals surface area contributed by atoms with Crippen LogP contribution >= 0.6 is 34.4 Å². The van der Waals surface area contributed by atoms with Crippen LogP contribution in [0.4, 0.5) is 0 Å². The van der Waals surface area contributed by atoms with Gasteiger partial charge in [-0.3, -0.25) is 9.59 Å². The predicted molar refractivity (Wildman–Crippen MR) is 137 cm³/mol. The van der Waals surface area contributed by atoms with E-state index in [1.165, 1.54) is 0 Å². The molecule has 1 heterocycles. The summed E-state index contributed by atoms with van der Waals surface area (Å²) in [5.74, 6) is 0.329. The Balaban J connectivity index is 1.43. The van der Waals surface area contributed by atoms with Crippen molar-refractivity contribution in [3.05, 3.63) is 105 Å². The smallest absolute Gasteiger partial charge is 0.271 e. The minimum absolute atomic E-state index is 0.0550. The number of benzene rings is 3. The van der Waals surface area contributed by atoms with Crippen LogP contribution in [-0.4, -0.2) is 28.2 Å². The van der Waals surface area contributed by atoms with Gasteiger partial charge < -0.3 is 4.90 Å². The van der Waals surface area contributed by atoms with Crippen LogP contribution in [0.25, 0.3) is 0 Å². The van der Waals surface area contributed by atoms with Gasteiger partial charge in [0.15, 0.2) is 0 Å². The molecule has 1 fully saturated rings. The molecule has 3 aromatic rings. The van der Waals surface area contributed by atoms with Crippen LogP contribution in [0.5, 0.6) is 0 Å². The lowest BCUT2D eigenvalue weighted by Gasteiger charge is -2.24. The van der Waals surface area contributed by atoms with E-state index >= 15 is 0 Å². The highest BCUT2D eigenvalue weighted by molar-refractivity contribution is 14.1. The second kappa shape index (κ2) is 10.3. The molecule has 1 saturated heterocycles. The number of halogens is 1. The lowest BCUT2D eigenvalue weighted by molar-refractivity contribution is -0.128. The third kappa shape index (κ3) is 5.39. The molecule has 0 aliphatic carbocycles. The quantitative estimate of drug-likeness (QED) is 0.258. The van der Waals surface area contributed by atoms with Crippen molar-refractivity contribution in [1.29, 1.82) is 0 Å². The van der Waals surface area contributed by atoms with Gasteiger partial charge >= 0.3 is 0 Å². The number of nitrogens with one attached hydrogen (secondary N) is 1. The molecule has 32 heavy (non-hydrogen) atoms. The molecule has 162 valence electrons. The van der Waals surface area contributed by atoms with E-state index in [1.54, 1.807) is 23.9 Å². The Kier molecular flexibility index (Phi) is 7.26. The number of carbonyl (C=O) groups is 2. The minimum atomic E-state index is -0.266. The standard InChI is InChI=1S/C25H22IN3O2S/c1-17(21-8-5-9-22(26)14-21)27-28-24(31)19-10-12-20(13-11-19)25-29(23(30)16-32-25)15-18-6-3-2-4-7-18/h2-14,25H,15-16H2,1H3,(H,28,31)/b27-17-/t25-/m1/s1. The van der Waals surface area contributed by atoms with Crippen LogP contribution in [0, 0.1) is 3.57 Å². The minimum Gasteiger partial charge on any atom is -0.322 e. The van der Waals surface area contributed by atoms with E-state index in [0.29, 0.717) is 17.9 Å². The maximum absolute atomic E-state index is 12.5. The maximum Gasteiger partial charge on any atom is 0.271 e. The number of carbonyl (C=O) groups excluding carboxylic acids is 2. The third-order valence-electron chi connectivity index (χ3n) is 5.19. The molecule has 4 rings (SSSR count). The van der Waals surface area contributed by atoms with Crippen LogP contribution in [0.15, 0.2) is 84.0 Å². The average molecular weight is 555 g/mol. The molecule has 5 nitrogen and oxygen atoms in total. The summed E-state index contributed by atoms with van der Waals surface area (Å²) in [6.45, 7) is 2.44. The SMILES string of the molecule is C/C(=N/NC(=O)c1ccc([C@H]2SCC(=O)N2Cc2ccccc2)cc1)c1cccc(I)c1. The van der Waals surface area contributed by atoms with Crippen molar-refractivity contribution in [1.82, 2.24) is 10.3 Å². The van der Waals surface area contributed by atoms with Crippen molar-refractivity contribution < 1.29 is 9.59 Å². The van der Waals surface area contributed by atoms with Gasteiger partial charge in [-0.2, -0.15) is 5.10 Å². The number of nitrogens with zero attached hydrogens (tertiary/aromatic N) is 2. The van der Waals surface area contributed by atoms with Gasteiger partial charge in [-0.25, -0.2) is 5.43 Å². The molecule has 7 heteroatoms. The molecule has 0 unspecified atom stereocenters. The Morgan fingerprint density at radius 2 is 1.81 bits per heavy atom. The van der Waals surface area contributed by atoms with Crippen LogP contribution in [0.2, 0.25) is 0 Å². The van der Waals surface area contributed by atoms with Crippen molar-refractivity contribution >= 4 is 51.9 Å². The molecule has 3 aromatic carbocycles. The lowest BCUT2D eigenvalue weighted by atomic mass is 10.1. The van der Waals surface area contributed by atoms with E-state index in [-0.39, 0.29) is 17.2 Å². The highest BCUT2D eigenvalue weighted by atomic mass is 127. The zero-order chi connectivity index (χ0) is 22.5. The fourth-order valence-corrected chi connectivity index (χ4v) is 5.19. The first-order valence-electron chi connectivity index (χ1n) is 10.2. The van der Waals surface area contributed by atoms with Crippen LogP contribution in [0.1, 0.15) is 39.3 Å². The summed E-state index contributed by atoms with van der Waals surface area (Å²) in [7, 11) is 0.